The molecular formula is C15H18N4O2. The summed E-state index contributed by atoms with van der Waals surface area (Å²) >= 11 is 0. The number of piperidine rings is 1. The molecule has 0 saturated carbocycles. The largest absolute Gasteiger partial charge is 0.381 e. The van der Waals surface area contributed by atoms with Gasteiger partial charge in [-0.3, -0.25) is 9.20 Å². The topological polar surface area (TPSA) is 59.7 Å². The molecule has 0 aliphatic carbocycles. The summed E-state index contributed by atoms with van der Waals surface area (Å²) in [6, 6.07) is 5.80. The number of aromatic nitrogens is 3. The van der Waals surface area contributed by atoms with Crippen molar-refractivity contribution in [3.05, 3.63) is 30.2 Å². The monoisotopic (exact) mass is 286 g/mol. The molecule has 0 radical (unpaired) electrons. The Kier molecular flexibility index (Phi) is 2.92. The van der Waals surface area contributed by atoms with Gasteiger partial charge >= 0.3 is 0 Å². The maximum absolute atomic E-state index is 12.2. The lowest BCUT2D eigenvalue weighted by atomic mass is 9.79. The van der Waals surface area contributed by atoms with Crippen LogP contribution in [0.1, 0.15) is 25.1 Å². The minimum absolute atomic E-state index is 0.161. The Hall–Kier alpha value is -1.95. The number of fused-ring (bicyclic) bond motifs is 1. The molecule has 6 heteroatoms. The second-order valence-corrected chi connectivity index (χ2v) is 6.10. The summed E-state index contributed by atoms with van der Waals surface area (Å²) in [6.07, 6.45) is 4.55. The van der Waals surface area contributed by atoms with E-state index in [0.717, 1.165) is 44.1 Å². The number of likely N-dealkylation sites (tertiary alicyclic amines) is 1. The van der Waals surface area contributed by atoms with Gasteiger partial charge in [-0.05, 0) is 25.0 Å². The van der Waals surface area contributed by atoms with Crippen LogP contribution in [0, 0.1) is 5.41 Å². The average molecular weight is 286 g/mol. The number of carbonyl (C=O) groups is 1. The summed E-state index contributed by atoms with van der Waals surface area (Å²) in [5, 5.41) is 8.38. The van der Waals surface area contributed by atoms with E-state index in [1.54, 1.807) is 0 Å². The molecule has 110 valence electrons. The molecule has 4 heterocycles. The van der Waals surface area contributed by atoms with Crippen molar-refractivity contribution in [1.82, 2.24) is 19.5 Å². The number of hydrogen-bond acceptors (Lipinski definition) is 4. The molecule has 2 aliphatic heterocycles. The summed E-state index contributed by atoms with van der Waals surface area (Å²) in [6.45, 7) is 2.88. The lowest BCUT2D eigenvalue weighted by Gasteiger charge is -2.38. The molecule has 4 rings (SSSR count). The van der Waals surface area contributed by atoms with Crippen LogP contribution in [-0.2, 0) is 16.1 Å². The summed E-state index contributed by atoms with van der Waals surface area (Å²) in [5.41, 5.74) is 0.977. The van der Waals surface area contributed by atoms with E-state index in [1.807, 2.05) is 33.7 Å². The summed E-state index contributed by atoms with van der Waals surface area (Å²) < 4.78 is 7.50. The minimum Gasteiger partial charge on any atom is -0.381 e. The van der Waals surface area contributed by atoms with Crippen LogP contribution in [0.15, 0.2) is 24.4 Å². The Labute approximate surface area is 122 Å². The van der Waals surface area contributed by atoms with E-state index in [1.165, 1.54) is 0 Å². The number of rotatable bonds is 2. The molecule has 6 nitrogen and oxygen atoms in total. The van der Waals surface area contributed by atoms with Crippen molar-refractivity contribution in [2.24, 2.45) is 5.41 Å². The SMILES string of the molecule is O=C1CCC2(CCOC2)CN1Cc1nnc2ccccn12. The summed E-state index contributed by atoms with van der Waals surface area (Å²) in [4.78, 5) is 14.1. The van der Waals surface area contributed by atoms with Crippen LogP contribution >= 0.6 is 0 Å². The molecule has 0 aromatic carbocycles. The predicted molar refractivity (Wildman–Crippen MR) is 75.5 cm³/mol. The molecule has 2 aromatic heterocycles. The molecule has 1 atom stereocenters. The third-order valence-corrected chi connectivity index (χ3v) is 4.65. The van der Waals surface area contributed by atoms with E-state index in [9.17, 15) is 4.79 Å². The van der Waals surface area contributed by atoms with E-state index >= 15 is 0 Å². The quantitative estimate of drug-likeness (QED) is 0.834. The van der Waals surface area contributed by atoms with Crippen LogP contribution < -0.4 is 0 Å². The van der Waals surface area contributed by atoms with Gasteiger partial charge in [-0.15, -0.1) is 10.2 Å². The molecule has 2 aromatic rings. The number of carbonyl (C=O) groups excluding carboxylic acids is 1. The standard InChI is InChI=1S/C15H18N4O2/c20-14-4-5-15(6-8-21-11-15)10-18(14)9-13-17-16-12-3-1-2-7-19(12)13/h1-3,7H,4-6,8-11H2. The molecule has 1 amide bonds. The normalized spacial score (nSPS) is 26.1. The van der Waals surface area contributed by atoms with Gasteiger partial charge in [-0.1, -0.05) is 6.07 Å². The fourth-order valence-corrected chi connectivity index (χ4v) is 3.39. The molecule has 0 bridgehead atoms. The molecule has 2 fully saturated rings. The lowest BCUT2D eigenvalue weighted by Crippen LogP contribution is -2.46. The van der Waals surface area contributed by atoms with Gasteiger partial charge in [0.05, 0.1) is 13.2 Å². The highest BCUT2D eigenvalue weighted by atomic mass is 16.5. The molecule has 2 aliphatic rings. The number of pyridine rings is 1. The second-order valence-electron chi connectivity index (χ2n) is 6.10. The van der Waals surface area contributed by atoms with Gasteiger partial charge in [0.1, 0.15) is 0 Å². The van der Waals surface area contributed by atoms with Crippen LogP contribution in [0.4, 0.5) is 0 Å². The van der Waals surface area contributed by atoms with E-state index in [-0.39, 0.29) is 11.3 Å². The van der Waals surface area contributed by atoms with Crippen molar-refractivity contribution in [3.63, 3.8) is 0 Å². The molecule has 1 spiro atoms. The third-order valence-electron chi connectivity index (χ3n) is 4.65. The second kappa shape index (κ2) is 4.80. The van der Waals surface area contributed by atoms with Gasteiger partial charge in [-0.2, -0.15) is 0 Å². The molecule has 1 unspecified atom stereocenters. The molecule has 0 N–H and O–H groups in total. The van der Waals surface area contributed by atoms with E-state index in [2.05, 4.69) is 10.2 Å². The zero-order valence-electron chi connectivity index (χ0n) is 11.9. The smallest absolute Gasteiger partial charge is 0.223 e. The Morgan fingerprint density at radius 1 is 1.29 bits per heavy atom. The van der Waals surface area contributed by atoms with Gasteiger partial charge in [0.25, 0.3) is 0 Å². The number of nitrogens with zero attached hydrogens (tertiary/aromatic N) is 4. The zero-order valence-corrected chi connectivity index (χ0v) is 11.9. The van der Waals surface area contributed by atoms with Crippen molar-refractivity contribution >= 4 is 11.6 Å². The van der Waals surface area contributed by atoms with Crippen molar-refractivity contribution in [2.75, 3.05) is 19.8 Å². The Balaban J connectivity index is 1.59. The van der Waals surface area contributed by atoms with Crippen LogP contribution in [-0.4, -0.2) is 45.2 Å². The first-order valence-electron chi connectivity index (χ1n) is 7.40. The first-order chi connectivity index (χ1) is 10.3. The highest BCUT2D eigenvalue weighted by molar-refractivity contribution is 5.77. The maximum Gasteiger partial charge on any atom is 0.223 e. The van der Waals surface area contributed by atoms with Gasteiger partial charge < -0.3 is 9.64 Å². The maximum atomic E-state index is 12.2. The number of ether oxygens (including phenoxy) is 1. The minimum atomic E-state index is 0.161. The number of amides is 1. The van der Waals surface area contributed by atoms with Crippen molar-refractivity contribution in [2.45, 2.75) is 25.8 Å². The fourth-order valence-electron chi connectivity index (χ4n) is 3.39. The van der Waals surface area contributed by atoms with Gasteiger partial charge in [0.15, 0.2) is 11.5 Å². The molecule has 21 heavy (non-hydrogen) atoms. The lowest BCUT2D eigenvalue weighted by molar-refractivity contribution is -0.138. The first kappa shape index (κ1) is 12.8. The van der Waals surface area contributed by atoms with Crippen molar-refractivity contribution in [3.8, 4) is 0 Å². The average Bonchev–Trinajstić information content (AvgIpc) is 3.12. The summed E-state index contributed by atoms with van der Waals surface area (Å²) in [5.74, 6) is 1.02. The highest BCUT2D eigenvalue weighted by Gasteiger charge is 2.41. The summed E-state index contributed by atoms with van der Waals surface area (Å²) in [7, 11) is 0. The van der Waals surface area contributed by atoms with Crippen LogP contribution in [0.5, 0.6) is 0 Å². The molecular weight excluding hydrogens is 268 g/mol. The van der Waals surface area contributed by atoms with Crippen molar-refractivity contribution < 1.29 is 9.53 Å². The van der Waals surface area contributed by atoms with E-state index < -0.39 is 0 Å². The van der Waals surface area contributed by atoms with Crippen LogP contribution in [0.2, 0.25) is 0 Å². The third kappa shape index (κ3) is 2.19. The van der Waals surface area contributed by atoms with E-state index in [0.29, 0.717) is 13.0 Å². The Morgan fingerprint density at radius 2 is 2.24 bits per heavy atom. The first-order valence-corrected chi connectivity index (χ1v) is 7.40. The van der Waals surface area contributed by atoms with Crippen LogP contribution in [0.25, 0.3) is 5.65 Å². The fraction of sp³-hybridized carbons (Fsp3) is 0.533. The molecule has 2 saturated heterocycles. The van der Waals surface area contributed by atoms with Crippen LogP contribution in [0.3, 0.4) is 0 Å². The Morgan fingerprint density at radius 3 is 3.10 bits per heavy atom. The van der Waals surface area contributed by atoms with Gasteiger partial charge in [-0.25, -0.2) is 0 Å². The number of hydrogen-bond donors (Lipinski definition) is 0. The zero-order chi connectivity index (χ0) is 14.3. The predicted octanol–water partition coefficient (Wildman–Crippen LogP) is 1.26. The van der Waals surface area contributed by atoms with Crippen molar-refractivity contribution in [1.29, 1.82) is 0 Å². The highest BCUT2D eigenvalue weighted by Crippen LogP contribution is 2.38. The van der Waals surface area contributed by atoms with E-state index in [4.69, 9.17) is 4.74 Å². The van der Waals surface area contributed by atoms with Gasteiger partial charge in [0, 0.05) is 31.2 Å². The Bertz CT molecular complexity index is 675. The van der Waals surface area contributed by atoms with Gasteiger partial charge in [0.2, 0.25) is 5.91 Å².